The summed E-state index contributed by atoms with van der Waals surface area (Å²) in [6, 6.07) is 1.52. The van der Waals surface area contributed by atoms with Crippen LogP contribution in [0.25, 0.3) is 0 Å². The van der Waals surface area contributed by atoms with E-state index in [0.717, 1.165) is 0 Å². The number of hydrogen-bond acceptors (Lipinski definition) is 6. The summed E-state index contributed by atoms with van der Waals surface area (Å²) in [6.07, 6.45) is -0.103. The van der Waals surface area contributed by atoms with Gasteiger partial charge in [-0.15, -0.1) is 11.3 Å². The molecule has 21 heavy (non-hydrogen) atoms. The van der Waals surface area contributed by atoms with Crippen molar-refractivity contribution in [2.75, 3.05) is 7.11 Å². The molecule has 1 unspecified atom stereocenters. The summed E-state index contributed by atoms with van der Waals surface area (Å²) in [4.78, 5) is 35.2. The molecule has 0 fully saturated rings. The van der Waals surface area contributed by atoms with E-state index >= 15 is 0 Å². The lowest BCUT2D eigenvalue weighted by atomic mass is 10.0. The van der Waals surface area contributed by atoms with Gasteiger partial charge in [0.2, 0.25) is 0 Å². The lowest BCUT2D eigenvalue weighted by molar-refractivity contribution is -0.113. The fourth-order valence-corrected chi connectivity index (χ4v) is 2.46. The van der Waals surface area contributed by atoms with Gasteiger partial charge in [0.15, 0.2) is 6.29 Å². The molecule has 0 radical (unpaired) electrons. The van der Waals surface area contributed by atoms with Crippen LogP contribution in [-0.4, -0.2) is 31.1 Å². The fourth-order valence-electron chi connectivity index (χ4n) is 1.50. The van der Waals surface area contributed by atoms with Gasteiger partial charge in [0, 0.05) is 10.3 Å². The monoisotopic (exact) mass is 313 g/mol. The molecule has 1 aromatic heterocycles. The van der Waals surface area contributed by atoms with Crippen molar-refractivity contribution < 1.29 is 23.9 Å². The number of hydrogen-bond donors (Lipinski definition) is 1. The van der Waals surface area contributed by atoms with Crippen molar-refractivity contribution in [3.05, 3.63) is 21.9 Å². The first-order valence-electron chi connectivity index (χ1n) is 6.26. The summed E-state index contributed by atoms with van der Waals surface area (Å²) < 4.78 is 9.75. The van der Waals surface area contributed by atoms with Gasteiger partial charge in [-0.3, -0.25) is 0 Å². The smallest absolute Gasteiger partial charge is 0.408 e. The number of carbonyl (C=O) groups excluding carboxylic acids is 3. The fraction of sp³-hybridized carbons (Fsp3) is 0.500. The third-order valence-electron chi connectivity index (χ3n) is 2.53. The molecule has 0 saturated heterocycles. The number of rotatable bonds is 4. The van der Waals surface area contributed by atoms with Crippen LogP contribution in [0.5, 0.6) is 0 Å². The highest BCUT2D eigenvalue weighted by Gasteiger charge is 2.32. The molecule has 116 valence electrons. The lowest BCUT2D eigenvalue weighted by Gasteiger charge is -2.26. The van der Waals surface area contributed by atoms with E-state index in [1.54, 1.807) is 26.2 Å². The molecule has 0 aliphatic carbocycles. The van der Waals surface area contributed by atoms with Gasteiger partial charge in [-0.2, -0.15) is 0 Å². The highest BCUT2D eigenvalue weighted by atomic mass is 32.1. The van der Waals surface area contributed by atoms with Gasteiger partial charge in [0.25, 0.3) is 0 Å². The summed E-state index contributed by atoms with van der Waals surface area (Å²) in [6.45, 7) is 6.72. The van der Waals surface area contributed by atoms with Gasteiger partial charge in [0.05, 0.1) is 12.7 Å². The van der Waals surface area contributed by atoms with Gasteiger partial charge >= 0.3 is 12.1 Å². The maximum absolute atomic E-state index is 11.8. The maximum Gasteiger partial charge on any atom is 0.408 e. The number of amides is 1. The van der Waals surface area contributed by atoms with Crippen molar-refractivity contribution in [2.45, 2.75) is 38.8 Å². The van der Waals surface area contributed by atoms with Crippen LogP contribution in [0.2, 0.25) is 0 Å². The molecule has 0 saturated carbocycles. The van der Waals surface area contributed by atoms with E-state index in [1.165, 1.54) is 31.4 Å². The molecule has 1 atom stereocenters. The number of nitrogens with one attached hydrogen (secondary N) is 1. The maximum atomic E-state index is 11.8. The zero-order valence-electron chi connectivity index (χ0n) is 12.7. The molecule has 0 bridgehead atoms. The number of thiophene rings is 1. The Hall–Kier alpha value is -1.89. The predicted octanol–water partition coefficient (Wildman–Crippen LogP) is 2.47. The lowest BCUT2D eigenvalue weighted by Crippen LogP contribution is -2.46. The largest absolute Gasteiger partial charge is 0.465 e. The number of aldehydes is 1. The first-order valence-corrected chi connectivity index (χ1v) is 7.14. The molecule has 1 amide bonds. The highest BCUT2D eigenvalue weighted by molar-refractivity contribution is 7.10. The molecular weight excluding hydrogens is 294 g/mol. The quantitative estimate of drug-likeness (QED) is 0.682. The van der Waals surface area contributed by atoms with Crippen LogP contribution in [0.15, 0.2) is 11.4 Å². The van der Waals surface area contributed by atoms with Gasteiger partial charge in [-0.25, -0.2) is 9.59 Å². The topological polar surface area (TPSA) is 81.7 Å². The van der Waals surface area contributed by atoms with Crippen molar-refractivity contribution in [3.8, 4) is 0 Å². The van der Waals surface area contributed by atoms with Crippen LogP contribution in [0, 0.1) is 0 Å². The summed E-state index contributed by atoms with van der Waals surface area (Å²) in [7, 11) is 1.28. The third-order valence-corrected chi connectivity index (χ3v) is 3.70. The Morgan fingerprint density at radius 1 is 1.29 bits per heavy atom. The summed E-state index contributed by atoms with van der Waals surface area (Å²) in [5, 5.41) is 4.08. The first-order chi connectivity index (χ1) is 9.61. The Morgan fingerprint density at radius 2 is 1.90 bits per heavy atom. The van der Waals surface area contributed by atoms with Crippen molar-refractivity contribution in [1.29, 1.82) is 0 Å². The Morgan fingerprint density at radius 3 is 2.38 bits per heavy atom. The molecule has 6 nitrogen and oxygen atoms in total. The second-order valence-electron chi connectivity index (χ2n) is 5.64. The molecule has 7 heteroatoms. The molecule has 1 heterocycles. The van der Waals surface area contributed by atoms with Crippen molar-refractivity contribution >= 4 is 29.7 Å². The van der Waals surface area contributed by atoms with Crippen molar-refractivity contribution in [1.82, 2.24) is 5.32 Å². The Labute approximate surface area is 127 Å². The number of methoxy groups -OCH3 is 1. The molecule has 1 N–H and O–H groups in total. The first kappa shape index (κ1) is 17.2. The number of carbonyl (C=O) groups is 3. The molecule has 1 rings (SSSR count). The minimum absolute atomic E-state index is 0.330. The number of esters is 1. The van der Waals surface area contributed by atoms with Crippen molar-refractivity contribution in [2.24, 2.45) is 0 Å². The average Bonchev–Trinajstić information content (AvgIpc) is 2.85. The summed E-state index contributed by atoms with van der Waals surface area (Å²) in [5.41, 5.74) is -1.60. The van der Waals surface area contributed by atoms with E-state index in [0.29, 0.717) is 16.7 Å². The number of ether oxygens (including phenoxy) is 2. The minimum atomic E-state index is -1.26. The highest BCUT2D eigenvalue weighted by Crippen LogP contribution is 2.27. The Bertz CT molecular complexity index is 546. The van der Waals surface area contributed by atoms with E-state index in [4.69, 9.17) is 4.74 Å². The Kier molecular flexibility index (Phi) is 5.11. The van der Waals surface area contributed by atoms with E-state index < -0.39 is 23.2 Å². The normalized spacial score (nSPS) is 14.0. The van der Waals surface area contributed by atoms with E-state index in [2.05, 4.69) is 10.1 Å². The second-order valence-corrected chi connectivity index (χ2v) is 6.55. The zero-order valence-corrected chi connectivity index (χ0v) is 13.5. The van der Waals surface area contributed by atoms with Gasteiger partial charge in [-0.05, 0) is 33.8 Å². The SMILES string of the molecule is COC(=O)c1csc(C(C)(C=O)NC(=O)OC(C)(C)C)c1. The van der Waals surface area contributed by atoms with Crippen LogP contribution in [0.4, 0.5) is 4.79 Å². The van der Waals surface area contributed by atoms with E-state index in [1.807, 2.05) is 0 Å². The Balaban J connectivity index is 2.94. The predicted molar refractivity (Wildman–Crippen MR) is 78.4 cm³/mol. The van der Waals surface area contributed by atoms with Gasteiger partial charge < -0.3 is 19.6 Å². The van der Waals surface area contributed by atoms with Crippen molar-refractivity contribution in [3.63, 3.8) is 0 Å². The van der Waals surface area contributed by atoms with Crippen LogP contribution in [-0.2, 0) is 19.8 Å². The number of alkyl carbamates (subject to hydrolysis) is 1. The van der Waals surface area contributed by atoms with E-state index in [-0.39, 0.29) is 0 Å². The van der Waals surface area contributed by atoms with Crippen LogP contribution >= 0.6 is 11.3 Å². The van der Waals surface area contributed by atoms with Crippen LogP contribution < -0.4 is 5.32 Å². The third kappa shape index (κ3) is 4.56. The van der Waals surface area contributed by atoms with Gasteiger partial charge in [-0.1, -0.05) is 0 Å². The molecular formula is C14H19NO5S. The standard InChI is InChI=1S/C14H19NO5S/c1-13(2,3)20-12(18)15-14(4,8-16)10-6-9(7-21-10)11(17)19-5/h6-8H,1-5H3,(H,15,18). The molecule has 0 aliphatic rings. The van der Waals surface area contributed by atoms with Crippen LogP contribution in [0.1, 0.15) is 42.9 Å². The minimum Gasteiger partial charge on any atom is -0.465 e. The second kappa shape index (κ2) is 6.26. The average molecular weight is 313 g/mol. The molecule has 0 aliphatic heterocycles. The zero-order chi connectivity index (χ0) is 16.3. The molecule has 1 aromatic rings. The molecule has 0 spiro atoms. The summed E-state index contributed by atoms with van der Waals surface area (Å²) >= 11 is 1.18. The van der Waals surface area contributed by atoms with Crippen LogP contribution in [0.3, 0.4) is 0 Å². The summed E-state index contributed by atoms with van der Waals surface area (Å²) in [5.74, 6) is -0.497. The van der Waals surface area contributed by atoms with E-state index in [9.17, 15) is 14.4 Å². The van der Waals surface area contributed by atoms with Gasteiger partial charge in [0.1, 0.15) is 11.1 Å². The molecule has 0 aromatic carbocycles.